The number of hydrogen-bond acceptors (Lipinski definition) is 3. The van der Waals surface area contributed by atoms with Crippen molar-refractivity contribution in [3.8, 4) is 0 Å². The first-order valence-electron chi connectivity index (χ1n) is 5.40. The van der Waals surface area contributed by atoms with Crippen LogP contribution in [0.2, 0.25) is 5.02 Å². The van der Waals surface area contributed by atoms with E-state index < -0.39 is 0 Å². The van der Waals surface area contributed by atoms with E-state index in [1.165, 1.54) is 0 Å². The molecule has 0 fully saturated rings. The van der Waals surface area contributed by atoms with E-state index in [1.54, 1.807) is 17.5 Å². The van der Waals surface area contributed by atoms with Gasteiger partial charge < -0.3 is 5.32 Å². The monoisotopic (exact) mass is 408 g/mol. The summed E-state index contributed by atoms with van der Waals surface area (Å²) < 4.78 is 1.91. The number of halogens is 3. The van der Waals surface area contributed by atoms with E-state index in [9.17, 15) is 0 Å². The quantitative estimate of drug-likeness (QED) is 0.766. The van der Waals surface area contributed by atoms with Gasteiger partial charge in [0.15, 0.2) is 0 Å². The number of nitrogens with one attached hydrogen (secondary N) is 1. The van der Waals surface area contributed by atoms with E-state index in [-0.39, 0.29) is 6.04 Å². The molecule has 0 radical (unpaired) electrons. The average molecular weight is 411 g/mol. The third kappa shape index (κ3) is 3.14. The van der Waals surface area contributed by atoms with Crippen LogP contribution in [-0.2, 0) is 0 Å². The number of pyridine rings is 1. The van der Waals surface area contributed by atoms with E-state index in [2.05, 4.69) is 49.1 Å². The second-order valence-electron chi connectivity index (χ2n) is 3.64. The molecule has 0 aliphatic carbocycles. The smallest absolute Gasteiger partial charge is 0.0871 e. The number of hydrogen-bond donors (Lipinski definition) is 1. The predicted molar refractivity (Wildman–Crippen MR) is 84.5 cm³/mol. The zero-order valence-corrected chi connectivity index (χ0v) is 14.3. The molecule has 6 heteroatoms. The molecule has 2 aromatic heterocycles. The lowest BCUT2D eigenvalue weighted by Crippen LogP contribution is -2.22. The normalized spacial score (nSPS) is 12.7. The Morgan fingerprint density at radius 3 is 2.83 bits per heavy atom. The first kappa shape index (κ1) is 14.5. The lowest BCUT2D eigenvalue weighted by Gasteiger charge is -2.18. The maximum absolute atomic E-state index is 6.22. The van der Waals surface area contributed by atoms with Crippen LogP contribution in [0, 0.1) is 0 Å². The molecule has 0 aliphatic rings. The Morgan fingerprint density at radius 2 is 2.28 bits per heavy atom. The van der Waals surface area contributed by atoms with Gasteiger partial charge in [0, 0.05) is 20.0 Å². The molecule has 0 aromatic carbocycles. The summed E-state index contributed by atoms with van der Waals surface area (Å²) in [5.74, 6) is 0. The molecular weight excluding hydrogens is 399 g/mol. The minimum Gasteiger partial charge on any atom is -0.304 e. The summed E-state index contributed by atoms with van der Waals surface area (Å²) in [6, 6.07) is 3.93. The van der Waals surface area contributed by atoms with Crippen LogP contribution in [0.15, 0.2) is 32.7 Å². The number of thiophene rings is 1. The van der Waals surface area contributed by atoms with Crippen molar-refractivity contribution in [2.45, 2.75) is 13.0 Å². The zero-order valence-electron chi connectivity index (χ0n) is 9.58. The molecule has 1 N–H and O–H groups in total. The third-order valence-electron chi connectivity index (χ3n) is 2.42. The fraction of sp³-hybridized carbons (Fsp3) is 0.250. The SMILES string of the molecule is CCNC(c1ncc(Br)cc1Br)c1sccc1Cl. The van der Waals surface area contributed by atoms with Gasteiger partial charge in [-0.3, -0.25) is 4.98 Å². The van der Waals surface area contributed by atoms with E-state index in [4.69, 9.17) is 11.6 Å². The Bertz CT molecular complexity index is 545. The second kappa shape index (κ2) is 6.48. The number of nitrogens with zero attached hydrogens (tertiary/aromatic N) is 1. The van der Waals surface area contributed by atoms with Gasteiger partial charge in [0.2, 0.25) is 0 Å². The fourth-order valence-electron chi connectivity index (χ4n) is 1.67. The van der Waals surface area contributed by atoms with E-state index in [1.807, 2.05) is 17.5 Å². The van der Waals surface area contributed by atoms with Gasteiger partial charge in [-0.15, -0.1) is 11.3 Å². The minimum absolute atomic E-state index is 0.0185. The standard InChI is InChI=1S/C12H11Br2ClN2S/c1-2-16-11(12-9(15)3-4-18-12)10-8(14)5-7(13)6-17-10/h3-6,11,16H,2H2,1H3. The van der Waals surface area contributed by atoms with Gasteiger partial charge in [-0.2, -0.15) is 0 Å². The lowest BCUT2D eigenvalue weighted by molar-refractivity contribution is 0.621. The lowest BCUT2D eigenvalue weighted by atomic mass is 10.1. The van der Waals surface area contributed by atoms with E-state index in [0.29, 0.717) is 0 Å². The Balaban J connectivity index is 2.45. The second-order valence-corrected chi connectivity index (χ2v) is 6.77. The van der Waals surface area contributed by atoms with Crippen molar-refractivity contribution < 1.29 is 0 Å². The highest BCUT2D eigenvalue weighted by atomic mass is 79.9. The van der Waals surface area contributed by atoms with Gasteiger partial charge in [0.25, 0.3) is 0 Å². The number of aromatic nitrogens is 1. The molecule has 96 valence electrons. The van der Waals surface area contributed by atoms with E-state index in [0.717, 1.165) is 31.1 Å². The molecular formula is C12H11Br2ClN2S. The summed E-state index contributed by atoms with van der Waals surface area (Å²) in [7, 11) is 0. The van der Waals surface area contributed by atoms with Gasteiger partial charge in [0.05, 0.1) is 16.8 Å². The molecule has 2 heterocycles. The minimum atomic E-state index is 0.0185. The van der Waals surface area contributed by atoms with Crippen LogP contribution in [0.3, 0.4) is 0 Å². The van der Waals surface area contributed by atoms with Crippen LogP contribution < -0.4 is 5.32 Å². The van der Waals surface area contributed by atoms with Crippen LogP contribution in [0.4, 0.5) is 0 Å². The first-order chi connectivity index (χ1) is 8.63. The maximum atomic E-state index is 6.22. The predicted octanol–water partition coefficient (Wildman–Crippen LogP) is 5.02. The Labute approximate surface area is 132 Å². The summed E-state index contributed by atoms with van der Waals surface area (Å²) in [5, 5.41) is 6.20. The van der Waals surface area contributed by atoms with Crippen LogP contribution >= 0.6 is 54.8 Å². The first-order valence-corrected chi connectivity index (χ1v) is 8.25. The summed E-state index contributed by atoms with van der Waals surface area (Å²) in [6.45, 7) is 2.92. The molecule has 0 bridgehead atoms. The van der Waals surface area contributed by atoms with Crippen molar-refractivity contribution in [3.63, 3.8) is 0 Å². The molecule has 0 saturated carbocycles. The van der Waals surface area contributed by atoms with Crippen molar-refractivity contribution in [2.75, 3.05) is 6.54 Å². The molecule has 2 rings (SSSR count). The van der Waals surface area contributed by atoms with Gasteiger partial charge in [0.1, 0.15) is 0 Å². The maximum Gasteiger partial charge on any atom is 0.0871 e. The van der Waals surface area contributed by atoms with Gasteiger partial charge in [-0.25, -0.2) is 0 Å². The van der Waals surface area contributed by atoms with Crippen molar-refractivity contribution >= 4 is 54.8 Å². The van der Waals surface area contributed by atoms with Crippen molar-refractivity contribution in [3.05, 3.63) is 48.2 Å². The van der Waals surface area contributed by atoms with E-state index >= 15 is 0 Å². The summed E-state index contributed by atoms with van der Waals surface area (Å²) >= 11 is 14.8. The molecule has 0 amide bonds. The van der Waals surface area contributed by atoms with Gasteiger partial charge in [-0.1, -0.05) is 18.5 Å². The van der Waals surface area contributed by atoms with Crippen molar-refractivity contribution in [1.29, 1.82) is 0 Å². The molecule has 0 saturated heterocycles. The molecule has 0 aliphatic heterocycles. The zero-order chi connectivity index (χ0) is 13.1. The highest BCUT2D eigenvalue weighted by molar-refractivity contribution is 9.11. The number of rotatable bonds is 4. The van der Waals surface area contributed by atoms with Crippen LogP contribution in [0.1, 0.15) is 23.5 Å². The summed E-state index contributed by atoms with van der Waals surface area (Å²) in [6.07, 6.45) is 1.80. The Kier molecular flexibility index (Phi) is 5.21. The molecule has 2 aromatic rings. The van der Waals surface area contributed by atoms with Gasteiger partial charge >= 0.3 is 0 Å². The van der Waals surface area contributed by atoms with Gasteiger partial charge in [-0.05, 0) is 55.9 Å². The summed E-state index contributed by atoms with van der Waals surface area (Å²) in [4.78, 5) is 5.58. The molecule has 1 atom stereocenters. The highest BCUT2D eigenvalue weighted by Crippen LogP contribution is 2.35. The fourth-order valence-corrected chi connectivity index (χ4v) is 4.13. The summed E-state index contributed by atoms with van der Waals surface area (Å²) in [5.41, 5.74) is 0.949. The molecule has 18 heavy (non-hydrogen) atoms. The molecule has 1 unspecified atom stereocenters. The van der Waals surface area contributed by atoms with Crippen molar-refractivity contribution in [2.24, 2.45) is 0 Å². The highest BCUT2D eigenvalue weighted by Gasteiger charge is 2.21. The molecule has 2 nitrogen and oxygen atoms in total. The van der Waals surface area contributed by atoms with Crippen LogP contribution in [0.25, 0.3) is 0 Å². The Hall–Kier alpha value is 0.0600. The largest absolute Gasteiger partial charge is 0.304 e. The average Bonchev–Trinajstić information content (AvgIpc) is 2.73. The topological polar surface area (TPSA) is 24.9 Å². The van der Waals surface area contributed by atoms with Crippen molar-refractivity contribution in [1.82, 2.24) is 10.3 Å². The van der Waals surface area contributed by atoms with Crippen LogP contribution in [0.5, 0.6) is 0 Å². The third-order valence-corrected chi connectivity index (χ3v) is 4.92. The molecule has 0 spiro atoms. The Morgan fingerprint density at radius 1 is 1.50 bits per heavy atom. The van der Waals surface area contributed by atoms with Crippen LogP contribution in [-0.4, -0.2) is 11.5 Å².